The Kier molecular flexibility index (Phi) is 6.35. The van der Waals surface area contributed by atoms with Crippen molar-refractivity contribution in [3.8, 4) is 5.75 Å². The molecule has 1 aliphatic heterocycles. The van der Waals surface area contributed by atoms with Crippen LogP contribution in [0.4, 0.5) is 5.69 Å². The fourth-order valence-corrected chi connectivity index (χ4v) is 4.23. The Morgan fingerprint density at radius 2 is 1.90 bits per heavy atom. The molecular formula is C25H23ClN2O2S. The van der Waals surface area contributed by atoms with Gasteiger partial charge in [-0.15, -0.1) is 0 Å². The van der Waals surface area contributed by atoms with Crippen molar-refractivity contribution < 1.29 is 9.53 Å². The molecule has 1 amide bonds. The third kappa shape index (κ3) is 4.94. The number of hydrogen-bond donors (Lipinski definition) is 1. The van der Waals surface area contributed by atoms with Gasteiger partial charge in [0.25, 0.3) is 5.91 Å². The molecule has 31 heavy (non-hydrogen) atoms. The highest BCUT2D eigenvalue weighted by atomic mass is 35.5. The molecule has 0 atom stereocenters. The van der Waals surface area contributed by atoms with Gasteiger partial charge in [-0.1, -0.05) is 61.8 Å². The zero-order valence-electron chi connectivity index (χ0n) is 17.6. The second-order valence-electron chi connectivity index (χ2n) is 7.82. The Bertz CT molecular complexity index is 1220. The molecule has 0 saturated carbocycles. The predicted octanol–water partition coefficient (Wildman–Crippen LogP) is 6.73. The van der Waals surface area contributed by atoms with Gasteiger partial charge < -0.3 is 10.1 Å². The van der Waals surface area contributed by atoms with E-state index in [4.69, 9.17) is 16.3 Å². The summed E-state index contributed by atoms with van der Waals surface area (Å²) in [5.41, 5.74) is 2.70. The molecule has 1 aliphatic rings. The fraction of sp³-hybridized carbons (Fsp3) is 0.200. The first-order valence-electron chi connectivity index (χ1n) is 10.1. The number of carbonyl (C=O) groups excluding carboxylic acids is 1. The van der Waals surface area contributed by atoms with E-state index < -0.39 is 0 Å². The summed E-state index contributed by atoms with van der Waals surface area (Å²) in [6.07, 6.45) is 1.90. The van der Waals surface area contributed by atoms with Crippen molar-refractivity contribution in [1.29, 1.82) is 0 Å². The van der Waals surface area contributed by atoms with E-state index in [2.05, 4.69) is 24.2 Å². The van der Waals surface area contributed by atoms with Crippen LogP contribution < -0.4 is 10.1 Å². The molecule has 0 aromatic heterocycles. The van der Waals surface area contributed by atoms with E-state index in [-0.39, 0.29) is 5.91 Å². The third-order valence-electron chi connectivity index (χ3n) is 4.82. The molecule has 0 spiro atoms. The summed E-state index contributed by atoms with van der Waals surface area (Å²) in [6, 6.07) is 17.6. The van der Waals surface area contributed by atoms with Gasteiger partial charge in [0, 0.05) is 10.4 Å². The number of aryl methyl sites for hydroxylation is 1. The minimum atomic E-state index is -0.160. The van der Waals surface area contributed by atoms with E-state index in [0.29, 0.717) is 27.6 Å². The lowest BCUT2D eigenvalue weighted by Gasteiger charge is -2.13. The quantitative estimate of drug-likeness (QED) is 0.438. The number of halogens is 1. The number of aliphatic imine (C=N–C) groups is 1. The van der Waals surface area contributed by atoms with Crippen molar-refractivity contribution in [3.05, 3.63) is 75.7 Å². The lowest BCUT2D eigenvalue weighted by molar-refractivity contribution is -0.115. The van der Waals surface area contributed by atoms with Crippen LogP contribution in [0.5, 0.6) is 5.75 Å². The molecule has 6 heteroatoms. The van der Waals surface area contributed by atoms with Gasteiger partial charge >= 0.3 is 0 Å². The number of nitrogens with one attached hydrogen (secondary N) is 1. The molecule has 4 rings (SSSR count). The molecule has 158 valence electrons. The number of nitrogens with zero attached hydrogens (tertiary/aromatic N) is 1. The van der Waals surface area contributed by atoms with Gasteiger partial charge in [-0.25, -0.2) is 4.99 Å². The molecule has 3 aromatic rings. The molecule has 1 fully saturated rings. The van der Waals surface area contributed by atoms with Gasteiger partial charge in [0.2, 0.25) is 0 Å². The number of thioether (sulfide) groups is 1. The Hall–Kier alpha value is -2.76. The van der Waals surface area contributed by atoms with Crippen molar-refractivity contribution in [2.75, 3.05) is 6.61 Å². The molecule has 4 nitrogen and oxygen atoms in total. The summed E-state index contributed by atoms with van der Waals surface area (Å²) in [5, 5.41) is 6.08. The summed E-state index contributed by atoms with van der Waals surface area (Å²) in [4.78, 5) is 17.8. The normalized spacial score (nSPS) is 16.5. The maximum absolute atomic E-state index is 12.6. The number of hydrogen-bond acceptors (Lipinski definition) is 4. The van der Waals surface area contributed by atoms with E-state index >= 15 is 0 Å². The maximum Gasteiger partial charge on any atom is 0.264 e. The second-order valence-corrected chi connectivity index (χ2v) is 9.28. The van der Waals surface area contributed by atoms with E-state index in [1.807, 2.05) is 61.5 Å². The van der Waals surface area contributed by atoms with Crippen LogP contribution in [0.1, 0.15) is 25.0 Å². The van der Waals surface area contributed by atoms with E-state index in [9.17, 15) is 4.79 Å². The van der Waals surface area contributed by atoms with Gasteiger partial charge in [0.15, 0.2) is 5.17 Å². The fourth-order valence-electron chi connectivity index (χ4n) is 3.24. The largest absolute Gasteiger partial charge is 0.493 e. The van der Waals surface area contributed by atoms with Gasteiger partial charge in [-0.3, -0.25) is 4.79 Å². The van der Waals surface area contributed by atoms with Crippen LogP contribution in [0, 0.1) is 12.8 Å². The number of amidine groups is 1. The molecule has 3 aromatic carbocycles. The third-order valence-corrected chi connectivity index (χ3v) is 5.97. The first-order chi connectivity index (χ1) is 14.9. The van der Waals surface area contributed by atoms with Crippen molar-refractivity contribution in [2.45, 2.75) is 20.8 Å². The number of amides is 1. The maximum atomic E-state index is 12.6. The molecule has 0 unspecified atom stereocenters. The Morgan fingerprint density at radius 3 is 2.68 bits per heavy atom. The lowest BCUT2D eigenvalue weighted by atomic mass is 10.0. The van der Waals surface area contributed by atoms with Crippen LogP contribution in [0.2, 0.25) is 5.02 Å². The summed E-state index contributed by atoms with van der Waals surface area (Å²) in [7, 11) is 0. The standard InChI is InChI=1S/C25H23ClN2O2S/c1-15(2)14-30-22-11-9-17(19-6-4-5-7-20(19)22)12-23-24(29)28-25(31-23)27-21-13-18(26)10-8-16(21)3/h4-13,15H,14H2,1-3H3,(H,27,28,29)/b23-12-. The van der Waals surface area contributed by atoms with Gasteiger partial charge in [0.1, 0.15) is 5.75 Å². The first-order valence-corrected chi connectivity index (χ1v) is 11.3. The van der Waals surface area contributed by atoms with Crippen LogP contribution in [0.3, 0.4) is 0 Å². The average Bonchev–Trinajstić information content (AvgIpc) is 3.08. The monoisotopic (exact) mass is 450 g/mol. The van der Waals surface area contributed by atoms with Crippen LogP contribution >= 0.6 is 23.4 Å². The van der Waals surface area contributed by atoms with Crippen LogP contribution in [0.15, 0.2) is 64.5 Å². The summed E-state index contributed by atoms with van der Waals surface area (Å²) >= 11 is 7.42. The highest BCUT2D eigenvalue weighted by molar-refractivity contribution is 8.18. The van der Waals surface area contributed by atoms with Gasteiger partial charge in [0.05, 0.1) is 17.2 Å². The van der Waals surface area contributed by atoms with Crippen molar-refractivity contribution in [3.63, 3.8) is 0 Å². The molecule has 1 N–H and O–H groups in total. The lowest BCUT2D eigenvalue weighted by Crippen LogP contribution is -2.19. The van der Waals surface area contributed by atoms with Crippen LogP contribution in [0.25, 0.3) is 16.8 Å². The Balaban J connectivity index is 1.66. The minimum Gasteiger partial charge on any atom is -0.493 e. The predicted molar refractivity (Wildman–Crippen MR) is 131 cm³/mol. The number of rotatable bonds is 5. The van der Waals surface area contributed by atoms with E-state index in [0.717, 1.165) is 33.3 Å². The number of benzene rings is 3. The van der Waals surface area contributed by atoms with E-state index in [1.54, 1.807) is 6.07 Å². The zero-order chi connectivity index (χ0) is 22.0. The van der Waals surface area contributed by atoms with Crippen molar-refractivity contribution in [2.24, 2.45) is 10.9 Å². The number of ether oxygens (including phenoxy) is 1. The minimum absolute atomic E-state index is 0.160. The van der Waals surface area contributed by atoms with Crippen LogP contribution in [-0.4, -0.2) is 17.7 Å². The van der Waals surface area contributed by atoms with Gasteiger partial charge in [-0.2, -0.15) is 0 Å². The van der Waals surface area contributed by atoms with Gasteiger partial charge in [-0.05, 0) is 65.4 Å². The molecule has 1 saturated heterocycles. The molecule has 1 heterocycles. The highest BCUT2D eigenvalue weighted by Crippen LogP contribution is 2.34. The van der Waals surface area contributed by atoms with Crippen molar-refractivity contribution in [1.82, 2.24) is 5.32 Å². The zero-order valence-corrected chi connectivity index (χ0v) is 19.2. The molecule has 0 radical (unpaired) electrons. The number of carbonyl (C=O) groups is 1. The average molecular weight is 451 g/mol. The Morgan fingerprint density at radius 1 is 1.13 bits per heavy atom. The molecule has 0 bridgehead atoms. The van der Waals surface area contributed by atoms with E-state index in [1.165, 1.54) is 11.8 Å². The van der Waals surface area contributed by atoms with Crippen molar-refractivity contribution >= 4 is 57.0 Å². The topological polar surface area (TPSA) is 50.7 Å². The summed E-state index contributed by atoms with van der Waals surface area (Å²) in [5.74, 6) is 1.14. The molecular weight excluding hydrogens is 428 g/mol. The second kappa shape index (κ2) is 9.16. The summed E-state index contributed by atoms with van der Waals surface area (Å²) in [6.45, 7) is 6.87. The highest BCUT2D eigenvalue weighted by Gasteiger charge is 2.24. The SMILES string of the molecule is Cc1ccc(Cl)cc1N=C1NC(=O)/C(=C/c2ccc(OCC(C)C)c3ccccc23)S1. The Labute approximate surface area is 191 Å². The van der Waals surface area contributed by atoms with Crippen LogP contribution in [-0.2, 0) is 4.79 Å². The number of fused-ring (bicyclic) bond motifs is 1. The summed E-state index contributed by atoms with van der Waals surface area (Å²) < 4.78 is 6.00. The smallest absolute Gasteiger partial charge is 0.264 e. The first kappa shape index (κ1) is 21.5. The molecule has 0 aliphatic carbocycles.